The van der Waals surface area contributed by atoms with E-state index in [1.165, 1.54) is 0 Å². The van der Waals surface area contributed by atoms with Gasteiger partial charge in [0.05, 0.1) is 19.6 Å². The quantitative estimate of drug-likeness (QED) is 0.854. The van der Waals surface area contributed by atoms with Crippen molar-refractivity contribution in [2.24, 2.45) is 17.6 Å². The average Bonchev–Trinajstić information content (AvgIpc) is 3.17. The number of aromatic nitrogens is 1. The Morgan fingerprint density at radius 1 is 1.29 bits per heavy atom. The Hall–Kier alpha value is -2.54. The van der Waals surface area contributed by atoms with E-state index in [4.69, 9.17) is 15.2 Å². The lowest BCUT2D eigenvalue weighted by Gasteiger charge is -2.15. The summed E-state index contributed by atoms with van der Waals surface area (Å²) < 4.78 is 10.3. The van der Waals surface area contributed by atoms with Crippen molar-refractivity contribution in [3.8, 4) is 5.75 Å². The highest BCUT2D eigenvalue weighted by molar-refractivity contribution is 5.98. The van der Waals surface area contributed by atoms with Crippen molar-refractivity contribution in [2.45, 2.75) is 0 Å². The fourth-order valence-corrected chi connectivity index (χ4v) is 3.26. The molecular formula is C17H21N3O4. The van der Waals surface area contributed by atoms with Gasteiger partial charge in [-0.1, -0.05) is 0 Å². The molecule has 0 aliphatic carbocycles. The zero-order chi connectivity index (χ0) is 17.3. The van der Waals surface area contributed by atoms with Crippen LogP contribution in [0.25, 0.3) is 10.9 Å². The van der Waals surface area contributed by atoms with Gasteiger partial charge in [0.25, 0.3) is 5.91 Å². The molecular weight excluding hydrogens is 310 g/mol. The fourth-order valence-electron chi connectivity index (χ4n) is 3.26. The third kappa shape index (κ3) is 2.94. The minimum atomic E-state index is -0.395. The Morgan fingerprint density at radius 3 is 2.75 bits per heavy atom. The van der Waals surface area contributed by atoms with Crippen molar-refractivity contribution in [1.82, 2.24) is 9.88 Å². The van der Waals surface area contributed by atoms with Crippen LogP contribution in [0.2, 0.25) is 0 Å². The molecule has 1 fully saturated rings. The molecule has 1 aromatic carbocycles. The molecule has 1 aliphatic heterocycles. The number of hydrogen-bond acceptors (Lipinski definition) is 4. The highest BCUT2D eigenvalue weighted by Gasteiger charge is 2.39. The van der Waals surface area contributed by atoms with Gasteiger partial charge in [-0.25, -0.2) is 0 Å². The Labute approximate surface area is 139 Å². The molecule has 2 heterocycles. The van der Waals surface area contributed by atoms with Gasteiger partial charge in [0.15, 0.2) is 0 Å². The highest BCUT2D eigenvalue weighted by Crippen LogP contribution is 2.27. The summed E-state index contributed by atoms with van der Waals surface area (Å²) in [5.41, 5.74) is 6.77. The molecule has 0 bridgehead atoms. The number of aromatic amines is 1. The minimum Gasteiger partial charge on any atom is -0.497 e. The second kappa shape index (κ2) is 6.52. The fraction of sp³-hybridized carbons (Fsp3) is 0.412. The van der Waals surface area contributed by atoms with Gasteiger partial charge < -0.3 is 25.1 Å². The van der Waals surface area contributed by atoms with Crippen molar-refractivity contribution in [3.63, 3.8) is 0 Å². The molecule has 0 saturated carbocycles. The van der Waals surface area contributed by atoms with Gasteiger partial charge in [-0.2, -0.15) is 0 Å². The number of methoxy groups -OCH3 is 2. The standard InChI is InChI=1S/C17H21N3O4/c1-23-9-11-7-20(8-13(11)16(18)21)17(22)15-5-10-3-4-12(24-2)6-14(10)19-15/h3-6,11,13,19H,7-9H2,1-2H3,(H2,18,21). The van der Waals surface area contributed by atoms with Gasteiger partial charge in [0.2, 0.25) is 5.91 Å². The molecule has 24 heavy (non-hydrogen) atoms. The first-order valence-electron chi connectivity index (χ1n) is 7.77. The van der Waals surface area contributed by atoms with Gasteiger partial charge in [0, 0.05) is 43.1 Å². The van der Waals surface area contributed by atoms with Gasteiger partial charge in [-0.05, 0) is 18.2 Å². The van der Waals surface area contributed by atoms with E-state index in [-0.39, 0.29) is 17.7 Å². The lowest BCUT2D eigenvalue weighted by atomic mass is 9.96. The summed E-state index contributed by atoms with van der Waals surface area (Å²) in [4.78, 5) is 29.1. The number of ether oxygens (including phenoxy) is 2. The normalized spacial score (nSPS) is 20.5. The first-order valence-corrected chi connectivity index (χ1v) is 7.77. The van der Waals surface area contributed by atoms with Crippen molar-refractivity contribution in [1.29, 1.82) is 0 Å². The van der Waals surface area contributed by atoms with E-state index >= 15 is 0 Å². The second-order valence-corrected chi connectivity index (χ2v) is 6.07. The highest BCUT2D eigenvalue weighted by atomic mass is 16.5. The number of fused-ring (bicyclic) bond motifs is 1. The number of amides is 2. The molecule has 2 unspecified atom stereocenters. The van der Waals surface area contributed by atoms with Crippen LogP contribution in [0.4, 0.5) is 0 Å². The van der Waals surface area contributed by atoms with E-state index in [2.05, 4.69) is 4.98 Å². The van der Waals surface area contributed by atoms with Crippen LogP contribution in [0.3, 0.4) is 0 Å². The zero-order valence-electron chi connectivity index (χ0n) is 13.7. The summed E-state index contributed by atoms with van der Waals surface area (Å²) >= 11 is 0. The molecule has 2 atom stereocenters. The average molecular weight is 331 g/mol. The van der Waals surface area contributed by atoms with E-state index in [0.717, 1.165) is 16.7 Å². The van der Waals surface area contributed by atoms with Crippen molar-refractivity contribution >= 4 is 22.7 Å². The van der Waals surface area contributed by atoms with E-state index in [9.17, 15) is 9.59 Å². The summed E-state index contributed by atoms with van der Waals surface area (Å²) in [5.74, 6) is -0.262. The maximum atomic E-state index is 12.8. The van der Waals surface area contributed by atoms with Crippen LogP contribution < -0.4 is 10.5 Å². The number of rotatable bonds is 5. The Bertz CT molecular complexity index is 770. The summed E-state index contributed by atoms with van der Waals surface area (Å²) in [7, 11) is 3.17. The van der Waals surface area contributed by atoms with Crippen LogP contribution >= 0.6 is 0 Å². The molecule has 3 N–H and O–H groups in total. The number of benzene rings is 1. The topological polar surface area (TPSA) is 97.7 Å². The predicted octanol–water partition coefficient (Wildman–Crippen LogP) is 0.996. The number of nitrogens with two attached hydrogens (primary N) is 1. The van der Waals surface area contributed by atoms with Gasteiger partial charge in [0.1, 0.15) is 11.4 Å². The van der Waals surface area contributed by atoms with Gasteiger partial charge >= 0.3 is 0 Å². The molecule has 7 heteroatoms. The summed E-state index contributed by atoms with van der Waals surface area (Å²) in [6.45, 7) is 1.18. The Balaban J connectivity index is 1.82. The van der Waals surface area contributed by atoms with Crippen LogP contribution in [-0.2, 0) is 9.53 Å². The molecule has 2 aromatic rings. The number of likely N-dealkylation sites (tertiary alicyclic amines) is 1. The summed E-state index contributed by atoms with van der Waals surface area (Å²) in [6, 6.07) is 7.39. The number of nitrogens with one attached hydrogen (secondary N) is 1. The molecule has 1 aliphatic rings. The predicted molar refractivity (Wildman–Crippen MR) is 88.8 cm³/mol. The Morgan fingerprint density at radius 2 is 2.08 bits per heavy atom. The zero-order valence-corrected chi connectivity index (χ0v) is 13.7. The van der Waals surface area contributed by atoms with E-state index in [0.29, 0.717) is 25.4 Å². The third-order valence-electron chi connectivity index (χ3n) is 4.53. The largest absolute Gasteiger partial charge is 0.497 e. The van der Waals surface area contributed by atoms with Crippen LogP contribution in [-0.4, -0.2) is 55.6 Å². The maximum absolute atomic E-state index is 12.8. The van der Waals surface area contributed by atoms with Gasteiger partial charge in [-0.3, -0.25) is 9.59 Å². The molecule has 2 amide bonds. The van der Waals surface area contributed by atoms with Gasteiger partial charge in [-0.15, -0.1) is 0 Å². The van der Waals surface area contributed by atoms with E-state index in [1.807, 2.05) is 18.2 Å². The molecule has 0 spiro atoms. The monoisotopic (exact) mass is 331 g/mol. The number of carbonyl (C=O) groups is 2. The molecule has 7 nitrogen and oxygen atoms in total. The third-order valence-corrected chi connectivity index (χ3v) is 4.53. The first kappa shape index (κ1) is 16.3. The molecule has 3 rings (SSSR count). The second-order valence-electron chi connectivity index (χ2n) is 6.07. The number of primary amides is 1. The molecule has 1 saturated heterocycles. The van der Waals surface area contributed by atoms with Crippen molar-refractivity contribution < 1.29 is 19.1 Å². The minimum absolute atomic E-state index is 0.0686. The molecule has 1 aromatic heterocycles. The SMILES string of the molecule is COCC1CN(C(=O)c2cc3ccc(OC)cc3[nH]2)CC1C(N)=O. The lowest BCUT2D eigenvalue weighted by molar-refractivity contribution is -0.122. The van der Waals surface area contributed by atoms with E-state index < -0.39 is 5.91 Å². The lowest BCUT2D eigenvalue weighted by Crippen LogP contribution is -2.32. The Kier molecular flexibility index (Phi) is 4.44. The van der Waals surface area contributed by atoms with Crippen molar-refractivity contribution in [3.05, 3.63) is 30.0 Å². The maximum Gasteiger partial charge on any atom is 0.270 e. The van der Waals surface area contributed by atoms with E-state index in [1.54, 1.807) is 25.2 Å². The van der Waals surface area contributed by atoms with Crippen LogP contribution in [0.5, 0.6) is 5.75 Å². The number of nitrogens with zero attached hydrogens (tertiary/aromatic N) is 1. The van der Waals surface area contributed by atoms with Crippen LogP contribution in [0.1, 0.15) is 10.5 Å². The first-order chi connectivity index (χ1) is 11.5. The number of carbonyl (C=O) groups excluding carboxylic acids is 2. The summed E-state index contributed by atoms with van der Waals surface area (Å²) in [6.07, 6.45) is 0. The molecule has 0 radical (unpaired) electrons. The molecule has 128 valence electrons. The smallest absolute Gasteiger partial charge is 0.270 e. The van der Waals surface area contributed by atoms with Crippen LogP contribution in [0.15, 0.2) is 24.3 Å². The summed E-state index contributed by atoms with van der Waals surface area (Å²) in [5, 5.41) is 0.929. The van der Waals surface area contributed by atoms with Crippen molar-refractivity contribution in [2.75, 3.05) is 33.9 Å². The number of hydrogen-bond donors (Lipinski definition) is 2. The van der Waals surface area contributed by atoms with Crippen LogP contribution in [0, 0.1) is 11.8 Å². The number of H-pyrrole nitrogens is 1.